The van der Waals surface area contributed by atoms with Crippen LogP contribution >= 0.6 is 0 Å². The molecule has 8 heteroatoms. The first-order valence-electron chi connectivity index (χ1n) is 15.2. The monoisotopic (exact) mass is 586 g/mol. The van der Waals surface area contributed by atoms with Crippen molar-refractivity contribution in [3.8, 4) is 23.0 Å². The first-order valence-corrected chi connectivity index (χ1v) is 15.2. The molecule has 2 heterocycles. The molecule has 0 radical (unpaired) electrons. The number of ether oxygens (including phenoxy) is 2. The summed E-state index contributed by atoms with van der Waals surface area (Å²) >= 11 is 0. The molecular formula is C35H42N2O6. The molecule has 1 fully saturated rings. The summed E-state index contributed by atoms with van der Waals surface area (Å²) in [7, 11) is 1.50. The Morgan fingerprint density at radius 3 is 2.00 bits per heavy atom. The second-order valence-electron chi connectivity index (χ2n) is 11.8. The van der Waals surface area contributed by atoms with E-state index in [1.807, 2.05) is 49.1 Å². The molecule has 3 unspecified atom stereocenters. The molecule has 1 aliphatic carbocycles. The first kappa shape index (κ1) is 30.3. The Hall–Kier alpha value is -4.17. The number of aromatic nitrogens is 2. The summed E-state index contributed by atoms with van der Waals surface area (Å²) in [5, 5.41) is 32.1. The fourth-order valence-corrected chi connectivity index (χ4v) is 6.14. The van der Waals surface area contributed by atoms with Gasteiger partial charge in [0.2, 0.25) is 0 Å². The Kier molecular flexibility index (Phi) is 10.1. The van der Waals surface area contributed by atoms with Gasteiger partial charge in [0.05, 0.1) is 19.3 Å². The van der Waals surface area contributed by atoms with Gasteiger partial charge >= 0.3 is 0 Å². The van der Waals surface area contributed by atoms with Crippen molar-refractivity contribution in [2.24, 2.45) is 11.8 Å². The molecule has 4 aromatic rings. The first-order chi connectivity index (χ1) is 20.9. The van der Waals surface area contributed by atoms with Crippen molar-refractivity contribution in [3.63, 3.8) is 0 Å². The highest BCUT2D eigenvalue weighted by molar-refractivity contribution is 5.82. The van der Waals surface area contributed by atoms with Crippen LogP contribution < -0.4 is 9.47 Å². The number of Topliss-reactive ketones (excluding diaryl/α,β-unsaturated/α-hetero) is 1. The maximum absolute atomic E-state index is 13.8. The third-order valence-electron chi connectivity index (χ3n) is 8.56. The zero-order valence-corrected chi connectivity index (χ0v) is 24.7. The van der Waals surface area contributed by atoms with Gasteiger partial charge < -0.3 is 34.8 Å². The van der Waals surface area contributed by atoms with Gasteiger partial charge in [-0.1, -0.05) is 12.1 Å². The van der Waals surface area contributed by atoms with Crippen molar-refractivity contribution >= 4 is 5.78 Å². The number of hydrogen-bond acceptors (Lipinski definition) is 6. The van der Waals surface area contributed by atoms with E-state index in [1.165, 1.54) is 7.11 Å². The second kappa shape index (κ2) is 14.3. The molecule has 0 amide bonds. The fourth-order valence-electron chi connectivity index (χ4n) is 6.14. The number of hydrogen-bond donors (Lipinski definition) is 5. The number of phenols is 2. The van der Waals surface area contributed by atoms with Gasteiger partial charge in [-0.2, -0.15) is 0 Å². The van der Waals surface area contributed by atoms with E-state index in [9.17, 15) is 20.1 Å². The van der Waals surface area contributed by atoms with Crippen LogP contribution in [-0.2, 0) is 30.5 Å². The molecule has 2 aromatic carbocycles. The number of aromatic hydroxyl groups is 2. The van der Waals surface area contributed by atoms with Crippen molar-refractivity contribution in [2.45, 2.75) is 70.0 Å². The second-order valence-corrected chi connectivity index (χ2v) is 11.8. The fraction of sp³-hybridized carbons (Fsp3) is 0.400. The minimum absolute atomic E-state index is 0.0168. The van der Waals surface area contributed by atoms with Crippen LogP contribution in [0.25, 0.3) is 0 Å². The highest BCUT2D eigenvalue weighted by Crippen LogP contribution is 2.34. The highest BCUT2D eigenvalue weighted by atomic mass is 16.5. The molecule has 0 aliphatic heterocycles. The van der Waals surface area contributed by atoms with Gasteiger partial charge in [-0.15, -0.1) is 0 Å². The average molecular weight is 587 g/mol. The average Bonchev–Trinajstić information content (AvgIpc) is 3.80. The van der Waals surface area contributed by atoms with Crippen LogP contribution in [-0.4, -0.2) is 50.4 Å². The van der Waals surface area contributed by atoms with Crippen LogP contribution in [0.5, 0.6) is 23.0 Å². The Labute approximate surface area is 252 Å². The molecule has 2 aromatic heterocycles. The standard InChI is InChI=1S/C35H42N2O6/c1-42-34-18-23(6-8-30(34)38)14-27(16-25-10-12-36-21-25)32(40)20-33(41)28(17-26-11-13-37-22-26)15-24-7-9-31(39)35(19-24)43-29-4-2-3-5-29/h6-13,18-19,21-22,27-29,33,36-39,41H,2-5,14-17,20H2,1H3. The lowest BCUT2D eigenvalue weighted by atomic mass is 9.82. The van der Waals surface area contributed by atoms with E-state index in [2.05, 4.69) is 9.97 Å². The summed E-state index contributed by atoms with van der Waals surface area (Å²) in [6.45, 7) is 0. The number of nitrogens with one attached hydrogen (secondary N) is 2. The van der Waals surface area contributed by atoms with Crippen LogP contribution in [0.2, 0.25) is 0 Å². The van der Waals surface area contributed by atoms with E-state index in [0.29, 0.717) is 37.2 Å². The van der Waals surface area contributed by atoms with E-state index in [4.69, 9.17) is 9.47 Å². The predicted molar refractivity (Wildman–Crippen MR) is 165 cm³/mol. The summed E-state index contributed by atoms with van der Waals surface area (Å²) in [6.07, 6.45) is 13.1. The third kappa shape index (κ3) is 8.23. The summed E-state index contributed by atoms with van der Waals surface area (Å²) in [5.41, 5.74) is 3.89. The quantitative estimate of drug-likeness (QED) is 0.118. The highest BCUT2D eigenvalue weighted by Gasteiger charge is 2.28. The molecule has 43 heavy (non-hydrogen) atoms. The summed E-state index contributed by atoms with van der Waals surface area (Å²) in [6, 6.07) is 14.5. The smallest absolute Gasteiger partial charge is 0.161 e. The largest absolute Gasteiger partial charge is 0.504 e. The number of rotatable bonds is 15. The minimum Gasteiger partial charge on any atom is -0.504 e. The Bertz CT molecular complexity index is 1440. The van der Waals surface area contributed by atoms with Crippen molar-refractivity contribution in [1.82, 2.24) is 9.97 Å². The van der Waals surface area contributed by atoms with Crippen molar-refractivity contribution in [3.05, 3.63) is 95.6 Å². The number of aromatic amines is 2. The molecule has 5 rings (SSSR count). The Morgan fingerprint density at radius 1 is 0.814 bits per heavy atom. The van der Waals surface area contributed by atoms with Gasteiger partial charge in [0.1, 0.15) is 5.78 Å². The van der Waals surface area contributed by atoms with Crippen LogP contribution in [0.1, 0.15) is 54.4 Å². The van der Waals surface area contributed by atoms with Gasteiger partial charge in [-0.3, -0.25) is 4.79 Å². The zero-order valence-electron chi connectivity index (χ0n) is 24.7. The van der Waals surface area contributed by atoms with E-state index in [0.717, 1.165) is 47.9 Å². The molecular weight excluding hydrogens is 544 g/mol. The Morgan fingerprint density at radius 2 is 1.37 bits per heavy atom. The molecule has 0 saturated heterocycles. The molecule has 1 saturated carbocycles. The lowest BCUT2D eigenvalue weighted by Crippen LogP contribution is -2.31. The third-order valence-corrected chi connectivity index (χ3v) is 8.56. The lowest BCUT2D eigenvalue weighted by molar-refractivity contribution is -0.125. The molecule has 0 bridgehead atoms. The number of carbonyl (C=O) groups excluding carboxylic acids is 1. The van der Waals surface area contributed by atoms with Crippen LogP contribution in [0, 0.1) is 11.8 Å². The van der Waals surface area contributed by atoms with Crippen LogP contribution in [0.4, 0.5) is 0 Å². The molecule has 1 aliphatic rings. The SMILES string of the molecule is COc1cc(CC(Cc2cc[nH]c2)C(=O)CC(O)C(Cc2cc[nH]c2)Cc2ccc(O)c(OC3CCCC3)c2)ccc1O. The zero-order chi connectivity index (χ0) is 30.2. The lowest BCUT2D eigenvalue weighted by Gasteiger charge is -2.25. The van der Waals surface area contributed by atoms with Crippen molar-refractivity contribution in [2.75, 3.05) is 7.11 Å². The summed E-state index contributed by atoms with van der Waals surface area (Å²) in [5.74, 6) is 0.392. The van der Waals surface area contributed by atoms with Gasteiger partial charge in [-0.05, 0) is 116 Å². The molecule has 3 atom stereocenters. The number of aliphatic hydroxyl groups excluding tert-OH is 1. The Balaban J connectivity index is 1.33. The molecule has 0 spiro atoms. The molecule has 228 valence electrons. The number of phenolic OH excluding ortho intramolecular Hbond substituents is 2. The van der Waals surface area contributed by atoms with Gasteiger partial charge in [0.25, 0.3) is 0 Å². The number of methoxy groups -OCH3 is 1. The number of H-pyrrole nitrogens is 2. The number of benzene rings is 2. The van der Waals surface area contributed by atoms with E-state index >= 15 is 0 Å². The predicted octanol–water partition coefficient (Wildman–Crippen LogP) is 5.91. The number of ketones is 1. The van der Waals surface area contributed by atoms with Crippen LogP contribution in [0.3, 0.4) is 0 Å². The minimum atomic E-state index is -0.876. The van der Waals surface area contributed by atoms with E-state index in [-0.39, 0.29) is 41.6 Å². The summed E-state index contributed by atoms with van der Waals surface area (Å²) < 4.78 is 11.4. The van der Waals surface area contributed by atoms with Crippen LogP contribution in [0.15, 0.2) is 73.3 Å². The molecule has 8 nitrogen and oxygen atoms in total. The number of aliphatic hydroxyl groups is 1. The van der Waals surface area contributed by atoms with Gasteiger partial charge in [0.15, 0.2) is 23.0 Å². The molecule has 5 N–H and O–H groups in total. The number of carbonyl (C=O) groups is 1. The van der Waals surface area contributed by atoms with E-state index < -0.39 is 6.10 Å². The van der Waals surface area contributed by atoms with Gasteiger partial charge in [0, 0.05) is 37.1 Å². The maximum atomic E-state index is 13.8. The maximum Gasteiger partial charge on any atom is 0.161 e. The normalized spacial score (nSPS) is 15.7. The topological polar surface area (TPSA) is 128 Å². The van der Waals surface area contributed by atoms with Crippen molar-refractivity contribution < 1.29 is 29.6 Å². The van der Waals surface area contributed by atoms with Crippen molar-refractivity contribution in [1.29, 1.82) is 0 Å². The van der Waals surface area contributed by atoms with Gasteiger partial charge in [-0.25, -0.2) is 0 Å². The summed E-state index contributed by atoms with van der Waals surface area (Å²) in [4.78, 5) is 20.0. The van der Waals surface area contributed by atoms with E-state index in [1.54, 1.807) is 24.3 Å².